The molecule has 0 fully saturated rings. The maximum atomic E-state index is 10.7. The van der Waals surface area contributed by atoms with Crippen molar-refractivity contribution in [3.8, 4) is 11.3 Å². The van der Waals surface area contributed by atoms with Crippen LogP contribution in [0.1, 0.15) is 74.8 Å². The van der Waals surface area contributed by atoms with Gasteiger partial charge in [-0.25, -0.2) is 0 Å². The van der Waals surface area contributed by atoms with Crippen molar-refractivity contribution in [3.63, 3.8) is 0 Å². The van der Waals surface area contributed by atoms with E-state index in [9.17, 15) is 4.79 Å². The average Bonchev–Trinajstić information content (AvgIpc) is 2.84. The molecule has 0 saturated heterocycles. The van der Waals surface area contributed by atoms with Crippen LogP contribution in [-0.4, -0.2) is 21.8 Å². The lowest BCUT2D eigenvalue weighted by atomic mass is 9.89. The minimum absolute atomic E-state index is 0.0899. The van der Waals surface area contributed by atoms with Gasteiger partial charge in [0.15, 0.2) is 0 Å². The van der Waals surface area contributed by atoms with Gasteiger partial charge < -0.3 is 10.4 Å². The highest BCUT2D eigenvalue weighted by molar-refractivity contribution is 7.99. The van der Waals surface area contributed by atoms with Crippen molar-refractivity contribution in [2.75, 3.05) is 11.1 Å². The third kappa shape index (κ3) is 7.10. The largest absolute Gasteiger partial charge is 0.481 e. The van der Waals surface area contributed by atoms with E-state index in [0.717, 1.165) is 23.5 Å². The lowest BCUT2D eigenvalue weighted by Crippen LogP contribution is -2.05. The second-order valence-electron chi connectivity index (χ2n) is 8.97. The SMILES string of the molecule is CCC(CC)c1ccc(NCc2ccc(-c3cccc(CSCC(=O)O)n3)cc2)c(C(C)C)c1. The number of rotatable bonds is 12. The zero-order chi connectivity index (χ0) is 24.5. The van der Waals surface area contributed by atoms with Crippen LogP contribution in [0, 0.1) is 0 Å². The molecule has 5 heteroatoms. The van der Waals surface area contributed by atoms with Crippen LogP contribution in [0.5, 0.6) is 0 Å². The number of thioether (sulfide) groups is 1. The second kappa shape index (κ2) is 12.6. The summed E-state index contributed by atoms with van der Waals surface area (Å²) in [4.78, 5) is 15.4. The number of hydrogen-bond donors (Lipinski definition) is 2. The third-order valence-corrected chi connectivity index (χ3v) is 7.12. The first-order valence-electron chi connectivity index (χ1n) is 12.1. The van der Waals surface area contributed by atoms with Crippen molar-refractivity contribution in [2.24, 2.45) is 0 Å². The fraction of sp³-hybridized carbons (Fsp3) is 0.379. The van der Waals surface area contributed by atoms with Gasteiger partial charge in [0, 0.05) is 23.5 Å². The highest BCUT2D eigenvalue weighted by atomic mass is 32.2. The van der Waals surface area contributed by atoms with E-state index >= 15 is 0 Å². The molecule has 1 heterocycles. The van der Waals surface area contributed by atoms with Crippen LogP contribution in [0.15, 0.2) is 60.7 Å². The lowest BCUT2D eigenvalue weighted by molar-refractivity contribution is -0.133. The van der Waals surface area contributed by atoms with E-state index in [4.69, 9.17) is 10.1 Å². The molecule has 3 aromatic rings. The summed E-state index contributed by atoms with van der Waals surface area (Å²) >= 11 is 1.36. The topological polar surface area (TPSA) is 62.2 Å². The first kappa shape index (κ1) is 25.8. The van der Waals surface area contributed by atoms with Crippen molar-refractivity contribution in [2.45, 2.75) is 64.7 Å². The molecule has 0 saturated carbocycles. The van der Waals surface area contributed by atoms with Gasteiger partial charge in [-0.1, -0.05) is 70.2 Å². The number of carboxylic acids is 1. The Morgan fingerprint density at radius 3 is 2.41 bits per heavy atom. The molecule has 1 aromatic heterocycles. The number of nitrogens with zero attached hydrogens (tertiary/aromatic N) is 1. The number of nitrogens with one attached hydrogen (secondary N) is 1. The normalized spacial score (nSPS) is 11.2. The second-order valence-corrected chi connectivity index (χ2v) is 9.95. The molecule has 2 N–H and O–H groups in total. The van der Waals surface area contributed by atoms with Gasteiger partial charge in [0.2, 0.25) is 0 Å². The Hall–Kier alpha value is -2.79. The van der Waals surface area contributed by atoms with Crippen molar-refractivity contribution >= 4 is 23.4 Å². The summed E-state index contributed by atoms with van der Waals surface area (Å²) in [6, 6.07) is 21.3. The molecule has 0 amide bonds. The van der Waals surface area contributed by atoms with E-state index in [1.54, 1.807) is 0 Å². The molecule has 2 aromatic carbocycles. The summed E-state index contributed by atoms with van der Waals surface area (Å²) in [5.74, 6) is 0.976. The van der Waals surface area contributed by atoms with E-state index in [-0.39, 0.29) is 5.75 Å². The van der Waals surface area contributed by atoms with E-state index in [0.29, 0.717) is 17.6 Å². The zero-order valence-corrected chi connectivity index (χ0v) is 21.5. The van der Waals surface area contributed by atoms with Crippen LogP contribution in [-0.2, 0) is 17.1 Å². The van der Waals surface area contributed by atoms with Crippen LogP contribution >= 0.6 is 11.8 Å². The Labute approximate surface area is 208 Å². The molecule has 0 spiro atoms. The summed E-state index contributed by atoms with van der Waals surface area (Å²) in [5, 5.41) is 12.5. The molecule has 0 aliphatic carbocycles. The molecular weight excluding hydrogens is 440 g/mol. The predicted molar refractivity (Wildman–Crippen MR) is 145 cm³/mol. The van der Waals surface area contributed by atoms with Crippen LogP contribution in [0.2, 0.25) is 0 Å². The Morgan fingerprint density at radius 2 is 1.76 bits per heavy atom. The quantitative estimate of drug-likeness (QED) is 0.280. The molecule has 0 aliphatic rings. The molecule has 0 unspecified atom stereocenters. The molecule has 4 nitrogen and oxygen atoms in total. The van der Waals surface area contributed by atoms with Gasteiger partial charge in [-0.2, -0.15) is 0 Å². The van der Waals surface area contributed by atoms with Crippen molar-refractivity contribution in [1.29, 1.82) is 0 Å². The summed E-state index contributed by atoms with van der Waals surface area (Å²) < 4.78 is 0. The number of aliphatic carboxylic acids is 1. The number of aromatic nitrogens is 1. The Bertz CT molecular complexity index is 1080. The van der Waals surface area contributed by atoms with E-state index in [1.165, 1.54) is 47.0 Å². The third-order valence-electron chi connectivity index (χ3n) is 6.17. The zero-order valence-electron chi connectivity index (χ0n) is 20.7. The van der Waals surface area contributed by atoms with Gasteiger partial charge in [0.05, 0.1) is 17.1 Å². The van der Waals surface area contributed by atoms with Crippen molar-refractivity contribution < 1.29 is 9.90 Å². The van der Waals surface area contributed by atoms with E-state index < -0.39 is 5.97 Å². The molecule has 0 atom stereocenters. The number of anilines is 1. The highest BCUT2D eigenvalue weighted by Crippen LogP contribution is 2.31. The van der Waals surface area contributed by atoms with Crippen molar-refractivity contribution in [3.05, 3.63) is 83.0 Å². The first-order valence-corrected chi connectivity index (χ1v) is 13.3. The first-order chi connectivity index (χ1) is 16.4. The summed E-state index contributed by atoms with van der Waals surface area (Å²) in [7, 11) is 0. The van der Waals surface area contributed by atoms with Gasteiger partial charge >= 0.3 is 5.97 Å². The Morgan fingerprint density at radius 1 is 1.03 bits per heavy atom. The number of hydrogen-bond acceptors (Lipinski definition) is 4. The van der Waals surface area contributed by atoms with Gasteiger partial charge in [0.25, 0.3) is 0 Å². The number of benzene rings is 2. The Balaban J connectivity index is 1.67. The van der Waals surface area contributed by atoms with Crippen LogP contribution in [0.3, 0.4) is 0 Å². The average molecular weight is 477 g/mol. The fourth-order valence-electron chi connectivity index (χ4n) is 4.19. The standard InChI is InChI=1S/C29H36N2O2S/c1-5-22(6-2)24-14-15-28(26(16-24)20(3)4)30-17-21-10-12-23(13-11-21)27-9-7-8-25(31-27)18-34-19-29(32)33/h7-16,20,22,30H,5-6,17-19H2,1-4H3,(H,32,33). The van der Waals surface area contributed by atoms with Gasteiger partial charge in [-0.05, 0) is 59.6 Å². The molecule has 0 aliphatic heterocycles. The molecule has 3 rings (SSSR count). The van der Waals surface area contributed by atoms with Gasteiger partial charge in [-0.3, -0.25) is 9.78 Å². The fourth-order valence-corrected chi connectivity index (χ4v) is 4.83. The maximum Gasteiger partial charge on any atom is 0.313 e. The number of carboxylic acid groups (broad SMARTS) is 1. The molecular formula is C29H36N2O2S. The van der Waals surface area contributed by atoms with Crippen LogP contribution in [0.4, 0.5) is 5.69 Å². The smallest absolute Gasteiger partial charge is 0.313 e. The summed E-state index contributed by atoms with van der Waals surface area (Å²) in [6.45, 7) is 9.82. The molecule has 34 heavy (non-hydrogen) atoms. The molecule has 0 bridgehead atoms. The van der Waals surface area contributed by atoms with Crippen LogP contribution in [0.25, 0.3) is 11.3 Å². The van der Waals surface area contributed by atoms with Crippen molar-refractivity contribution in [1.82, 2.24) is 4.98 Å². The van der Waals surface area contributed by atoms with E-state index in [2.05, 4.69) is 75.5 Å². The highest BCUT2D eigenvalue weighted by Gasteiger charge is 2.13. The Kier molecular flexibility index (Phi) is 9.58. The molecule has 0 radical (unpaired) electrons. The minimum atomic E-state index is -0.798. The minimum Gasteiger partial charge on any atom is -0.481 e. The van der Waals surface area contributed by atoms with Gasteiger partial charge in [-0.15, -0.1) is 11.8 Å². The van der Waals surface area contributed by atoms with E-state index in [1.807, 2.05) is 18.2 Å². The monoisotopic (exact) mass is 476 g/mol. The van der Waals surface area contributed by atoms with Crippen LogP contribution < -0.4 is 5.32 Å². The summed E-state index contributed by atoms with van der Waals surface area (Å²) in [5.41, 5.74) is 8.12. The maximum absolute atomic E-state index is 10.7. The number of pyridine rings is 1. The molecule has 180 valence electrons. The summed E-state index contributed by atoms with van der Waals surface area (Å²) in [6.07, 6.45) is 2.35. The predicted octanol–water partition coefficient (Wildman–Crippen LogP) is 7.71. The lowest BCUT2D eigenvalue weighted by Gasteiger charge is -2.20. The number of carbonyl (C=O) groups is 1. The van der Waals surface area contributed by atoms with Gasteiger partial charge in [0.1, 0.15) is 0 Å².